The highest BCUT2D eigenvalue weighted by Crippen LogP contribution is 2.27. The predicted octanol–water partition coefficient (Wildman–Crippen LogP) is 3.65. The van der Waals surface area contributed by atoms with Gasteiger partial charge in [-0.25, -0.2) is 4.98 Å². The van der Waals surface area contributed by atoms with Gasteiger partial charge in [0.2, 0.25) is 0 Å². The van der Waals surface area contributed by atoms with Gasteiger partial charge < -0.3 is 9.15 Å². The van der Waals surface area contributed by atoms with Crippen LogP contribution >= 0.6 is 11.8 Å². The number of nitrogens with zero attached hydrogens (tertiary/aromatic N) is 2. The Bertz CT molecular complexity index is 549. The van der Waals surface area contributed by atoms with Gasteiger partial charge in [0.1, 0.15) is 18.1 Å². The molecule has 2 heterocycles. The van der Waals surface area contributed by atoms with E-state index in [9.17, 15) is 0 Å². The molecule has 22 heavy (non-hydrogen) atoms. The van der Waals surface area contributed by atoms with Crippen molar-refractivity contribution >= 4 is 11.8 Å². The van der Waals surface area contributed by atoms with Crippen molar-refractivity contribution in [1.82, 2.24) is 9.88 Å². The summed E-state index contributed by atoms with van der Waals surface area (Å²) in [4.78, 5) is 7.74. The number of hydrogen-bond donors (Lipinski definition) is 0. The summed E-state index contributed by atoms with van der Waals surface area (Å²) < 4.78 is 11.2. The summed E-state index contributed by atoms with van der Waals surface area (Å²) in [7, 11) is 0. The smallest absolute Gasteiger partial charge is 0.180 e. The fourth-order valence-electron chi connectivity index (χ4n) is 2.83. The molecule has 1 saturated heterocycles. The van der Waals surface area contributed by atoms with Crippen LogP contribution in [0.25, 0.3) is 0 Å². The maximum absolute atomic E-state index is 5.83. The quantitative estimate of drug-likeness (QED) is 0.760. The number of hydrogen-bond acceptors (Lipinski definition) is 5. The Hall–Kier alpha value is -1.46. The Morgan fingerprint density at radius 3 is 2.68 bits per heavy atom. The molecule has 5 heteroatoms. The molecule has 0 atom stereocenters. The second kappa shape index (κ2) is 7.70. The third-order valence-electron chi connectivity index (χ3n) is 4.18. The first kappa shape index (κ1) is 15.4. The average molecular weight is 318 g/mol. The number of ether oxygens (including phenoxy) is 1. The molecule has 0 N–H and O–H groups in total. The first-order chi connectivity index (χ1) is 10.8. The fraction of sp³-hybridized carbons (Fsp3) is 0.471. The molecule has 3 rings (SSSR count). The lowest BCUT2D eigenvalue weighted by molar-refractivity contribution is 0.168. The minimum atomic E-state index is 0.527. The highest BCUT2D eigenvalue weighted by molar-refractivity contribution is 7.98. The molecule has 0 amide bonds. The number of rotatable bonds is 6. The Morgan fingerprint density at radius 1 is 1.27 bits per heavy atom. The second-order valence-electron chi connectivity index (χ2n) is 5.54. The number of oxazole rings is 1. The summed E-state index contributed by atoms with van der Waals surface area (Å²) in [5.74, 6) is 2.51. The van der Waals surface area contributed by atoms with E-state index >= 15 is 0 Å². The van der Waals surface area contributed by atoms with Crippen LogP contribution < -0.4 is 4.74 Å². The van der Waals surface area contributed by atoms with Gasteiger partial charge in [-0.15, -0.1) is 11.8 Å². The van der Waals surface area contributed by atoms with Crippen LogP contribution in [0.15, 0.2) is 46.2 Å². The highest BCUT2D eigenvalue weighted by Gasteiger charge is 2.22. The van der Waals surface area contributed by atoms with Crippen LogP contribution in [-0.2, 0) is 0 Å². The van der Waals surface area contributed by atoms with Crippen molar-refractivity contribution in [2.45, 2.75) is 23.7 Å². The number of piperidine rings is 1. The summed E-state index contributed by atoms with van der Waals surface area (Å²) in [6.07, 6.45) is 7.73. The van der Waals surface area contributed by atoms with Gasteiger partial charge in [-0.1, -0.05) is 0 Å². The molecule has 4 nitrogen and oxygen atoms in total. The maximum atomic E-state index is 5.83. The number of thioether (sulfide) groups is 1. The number of aromatic nitrogens is 1. The molecule has 0 radical (unpaired) electrons. The van der Waals surface area contributed by atoms with Crippen molar-refractivity contribution in [2.24, 2.45) is 0 Å². The van der Waals surface area contributed by atoms with Gasteiger partial charge in [-0.05, 0) is 56.5 Å². The molecular formula is C17H22N2O2S. The molecule has 1 aliphatic heterocycles. The molecule has 118 valence electrons. The topological polar surface area (TPSA) is 38.5 Å². The standard InChI is InChI=1S/C17H22N2O2S/c1-22-16-4-2-15(3-5-16)20-11-10-19-8-6-14(7-9-19)17-12-18-13-21-17/h2-5,12-14H,6-11H2,1H3. The van der Waals surface area contributed by atoms with E-state index in [0.717, 1.165) is 50.6 Å². The van der Waals surface area contributed by atoms with Gasteiger partial charge in [0.05, 0.1) is 6.20 Å². The SMILES string of the molecule is CSc1ccc(OCCN2CCC(c3cnco3)CC2)cc1. The minimum absolute atomic E-state index is 0.527. The molecule has 0 spiro atoms. The van der Waals surface area contributed by atoms with Gasteiger partial charge in [-0.2, -0.15) is 0 Å². The van der Waals surface area contributed by atoms with Crippen molar-refractivity contribution in [3.05, 3.63) is 42.6 Å². The van der Waals surface area contributed by atoms with E-state index in [0.29, 0.717) is 5.92 Å². The van der Waals surface area contributed by atoms with E-state index in [-0.39, 0.29) is 0 Å². The van der Waals surface area contributed by atoms with Crippen LogP contribution in [0.3, 0.4) is 0 Å². The molecule has 1 aliphatic rings. The van der Waals surface area contributed by atoms with E-state index in [2.05, 4.69) is 28.3 Å². The van der Waals surface area contributed by atoms with Crippen molar-refractivity contribution in [3.63, 3.8) is 0 Å². The van der Waals surface area contributed by atoms with Crippen LogP contribution in [0, 0.1) is 0 Å². The Kier molecular flexibility index (Phi) is 5.40. The molecule has 0 bridgehead atoms. The van der Waals surface area contributed by atoms with E-state index in [1.807, 2.05) is 18.3 Å². The van der Waals surface area contributed by atoms with Crippen molar-refractivity contribution in [3.8, 4) is 5.75 Å². The molecule has 1 fully saturated rings. The summed E-state index contributed by atoms with van der Waals surface area (Å²) >= 11 is 1.75. The normalized spacial score (nSPS) is 16.8. The number of benzene rings is 1. The molecule has 1 aromatic carbocycles. The van der Waals surface area contributed by atoms with Gasteiger partial charge in [-0.3, -0.25) is 4.90 Å². The summed E-state index contributed by atoms with van der Waals surface area (Å²) in [5.41, 5.74) is 0. The zero-order valence-electron chi connectivity index (χ0n) is 12.9. The molecule has 0 aliphatic carbocycles. The van der Waals surface area contributed by atoms with Gasteiger partial charge >= 0.3 is 0 Å². The van der Waals surface area contributed by atoms with Crippen LogP contribution in [0.5, 0.6) is 5.75 Å². The summed E-state index contributed by atoms with van der Waals surface area (Å²) in [6, 6.07) is 8.29. The lowest BCUT2D eigenvalue weighted by atomic mass is 9.95. The molecule has 1 aromatic heterocycles. The monoisotopic (exact) mass is 318 g/mol. The van der Waals surface area contributed by atoms with Crippen LogP contribution in [0.1, 0.15) is 24.5 Å². The molecular weight excluding hydrogens is 296 g/mol. The average Bonchev–Trinajstić information content (AvgIpc) is 3.11. The number of likely N-dealkylation sites (tertiary alicyclic amines) is 1. The fourth-order valence-corrected chi connectivity index (χ4v) is 3.24. The Labute approximate surface area is 135 Å². The zero-order valence-corrected chi connectivity index (χ0v) is 13.7. The lowest BCUT2D eigenvalue weighted by Gasteiger charge is -2.30. The van der Waals surface area contributed by atoms with E-state index in [1.54, 1.807) is 11.8 Å². The van der Waals surface area contributed by atoms with E-state index < -0.39 is 0 Å². The van der Waals surface area contributed by atoms with E-state index in [1.165, 1.54) is 11.3 Å². The summed E-state index contributed by atoms with van der Waals surface area (Å²) in [6.45, 7) is 3.92. The van der Waals surface area contributed by atoms with Gasteiger partial charge in [0.15, 0.2) is 6.39 Å². The van der Waals surface area contributed by atoms with Crippen LogP contribution in [-0.4, -0.2) is 42.4 Å². The molecule has 2 aromatic rings. The van der Waals surface area contributed by atoms with Gasteiger partial charge in [0.25, 0.3) is 0 Å². The predicted molar refractivity (Wildman–Crippen MR) is 88.6 cm³/mol. The van der Waals surface area contributed by atoms with Crippen molar-refractivity contribution < 1.29 is 9.15 Å². The first-order valence-corrected chi connectivity index (χ1v) is 8.95. The Balaban J connectivity index is 1.38. The summed E-state index contributed by atoms with van der Waals surface area (Å²) in [5, 5.41) is 0. The maximum Gasteiger partial charge on any atom is 0.180 e. The molecule has 0 saturated carbocycles. The third-order valence-corrected chi connectivity index (χ3v) is 4.92. The van der Waals surface area contributed by atoms with Crippen molar-refractivity contribution in [2.75, 3.05) is 32.5 Å². The zero-order chi connectivity index (χ0) is 15.2. The molecule has 0 unspecified atom stereocenters. The largest absolute Gasteiger partial charge is 0.492 e. The highest BCUT2D eigenvalue weighted by atomic mass is 32.2. The first-order valence-electron chi connectivity index (χ1n) is 7.73. The van der Waals surface area contributed by atoms with Crippen molar-refractivity contribution in [1.29, 1.82) is 0 Å². The van der Waals surface area contributed by atoms with Crippen LogP contribution in [0.2, 0.25) is 0 Å². The second-order valence-corrected chi connectivity index (χ2v) is 6.42. The van der Waals surface area contributed by atoms with E-state index in [4.69, 9.17) is 9.15 Å². The minimum Gasteiger partial charge on any atom is -0.492 e. The Morgan fingerprint density at radius 2 is 2.05 bits per heavy atom. The third kappa shape index (κ3) is 4.05. The van der Waals surface area contributed by atoms with Crippen LogP contribution in [0.4, 0.5) is 0 Å². The lowest BCUT2D eigenvalue weighted by Crippen LogP contribution is -2.35. The van der Waals surface area contributed by atoms with Gasteiger partial charge in [0, 0.05) is 17.4 Å².